The molecule has 1 aromatic heterocycles. The van der Waals surface area contributed by atoms with Crippen LogP contribution in [0.25, 0.3) is 5.69 Å². The predicted molar refractivity (Wildman–Crippen MR) is 130 cm³/mol. The highest BCUT2D eigenvalue weighted by Crippen LogP contribution is 2.29. The van der Waals surface area contributed by atoms with Gasteiger partial charge in [-0.3, -0.25) is 4.90 Å². The Balaban J connectivity index is 1.24. The molecular weight excluding hydrogens is 432 g/mol. The van der Waals surface area contributed by atoms with E-state index < -0.39 is 10.0 Å². The minimum absolute atomic E-state index is 0.309. The average molecular weight is 465 g/mol. The van der Waals surface area contributed by atoms with Crippen molar-refractivity contribution in [3.63, 3.8) is 0 Å². The number of hydrogen-bond acceptors (Lipinski definition) is 4. The molecule has 1 unspecified atom stereocenters. The third kappa shape index (κ3) is 4.90. The fourth-order valence-electron chi connectivity index (χ4n) is 5.13. The maximum atomic E-state index is 12.7. The van der Waals surface area contributed by atoms with E-state index in [1.54, 1.807) is 12.1 Å². The van der Waals surface area contributed by atoms with Gasteiger partial charge in [0.25, 0.3) is 0 Å². The van der Waals surface area contributed by atoms with Crippen molar-refractivity contribution in [1.82, 2.24) is 19.4 Å². The average Bonchev–Trinajstić information content (AvgIpc) is 3.43. The number of benzene rings is 2. The van der Waals surface area contributed by atoms with E-state index in [9.17, 15) is 8.42 Å². The van der Waals surface area contributed by atoms with Crippen molar-refractivity contribution in [2.45, 2.75) is 50.5 Å². The van der Waals surface area contributed by atoms with E-state index in [0.29, 0.717) is 17.4 Å². The zero-order chi connectivity index (χ0) is 22.8. The Labute approximate surface area is 196 Å². The molecule has 33 heavy (non-hydrogen) atoms. The number of likely N-dealkylation sites (tertiary alicyclic amines) is 1. The first-order chi connectivity index (χ1) is 16.0. The Bertz CT molecular complexity index is 1200. The summed E-state index contributed by atoms with van der Waals surface area (Å²) in [5, 5.41) is 5.02. The SMILES string of the molecule is Cc1ccc(S(=O)(=O)NCC2CCCN(Cc3nn(-c4ccccc4)c4c3CCC4)C2)cc1. The van der Waals surface area contributed by atoms with Gasteiger partial charge in [-0.1, -0.05) is 35.9 Å². The second-order valence-corrected chi connectivity index (χ2v) is 11.1. The van der Waals surface area contributed by atoms with Gasteiger partial charge < -0.3 is 0 Å². The van der Waals surface area contributed by atoms with Gasteiger partial charge in [-0.15, -0.1) is 0 Å². The normalized spacial score (nSPS) is 19.0. The summed E-state index contributed by atoms with van der Waals surface area (Å²) < 4.78 is 30.3. The summed E-state index contributed by atoms with van der Waals surface area (Å²) in [6, 6.07) is 17.4. The van der Waals surface area contributed by atoms with Crippen LogP contribution in [0.15, 0.2) is 59.5 Å². The molecule has 0 spiro atoms. The van der Waals surface area contributed by atoms with Crippen molar-refractivity contribution in [1.29, 1.82) is 0 Å². The number of nitrogens with zero attached hydrogens (tertiary/aromatic N) is 3. The summed E-state index contributed by atoms with van der Waals surface area (Å²) in [5.74, 6) is 0.309. The number of rotatable bonds is 7. The number of nitrogens with one attached hydrogen (secondary N) is 1. The Morgan fingerprint density at radius 1 is 1.03 bits per heavy atom. The molecule has 1 fully saturated rings. The lowest BCUT2D eigenvalue weighted by Crippen LogP contribution is -2.40. The highest BCUT2D eigenvalue weighted by molar-refractivity contribution is 7.89. The fraction of sp³-hybridized carbons (Fsp3) is 0.423. The van der Waals surface area contributed by atoms with Gasteiger partial charge in [0.1, 0.15) is 0 Å². The molecule has 1 N–H and O–H groups in total. The van der Waals surface area contributed by atoms with Gasteiger partial charge in [-0.05, 0) is 81.3 Å². The van der Waals surface area contributed by atoms with Crippen LogP contribution in [0.4, 0.5) is 0 Å². The van der Waals surface area contributed by atoms with Crippen molar-refractivity contribution >= 4 is 10.0 Å². The molecule has 174 valence electrons. The Morgan fingerprint density at radius 3 is 2.61 bits per heavy atom. The monoisotopic (exact) mass is 464 g/mol. The van der Waals surface area contributed by atoms with Crippen molar-refractivity contribution < 1.29 is 8.42 Å². The minimum atomic E-state index is -3.47. The summed E-state index contributed by atoms with van der Waals surface area (Å²) in [7, 11) is -3.47. The van der Waals surface area contributed by atoms with Crippen LogP contribution >= 0.6 is 0 Å². The standard InChI is InChI=1S/C26H32N4O2S/c1-20-12-14-23(15-13-20)33(31,32)27-17-21-7-6-16-29(18-21)19-25-24-10-5-11-26(24)30(28-25)22-8-3-2-4-9-22/h2-4,8-9,12-15,21,27H,5-7,10-11,16-19H2,1H3. The number of aryl methyl sites for hydroxylation is 1. The first kappa shape index (κ1) is 22.3. The number of sulfonamides is 1. The molecule has 1 saturated heterocycles. The van der Waals surface area contributed by atoms with Gasteiger partial charge in [0.2, 0.25) is 10.0 Å². The molecule has 0 saturated carbocycles. The largest absolute Gasteiger partial charge is 0.297 e. The summed E-state index contributed by atoms with van der Waals surface area (Å²) in [6.07, 6.45) is 5.50. The molecule has 2 aliphatic rings. The van der Waals surface area contributed by atoms with Gasteiger partial charge in [-0.25, -0.2) is 17.8 Å². The van der Waals surface area contributed by atoms with Crippen LogP contribution < -0.4 is 4.72 Å². The van der Waals surface area contributed by atoms with Crippen LogP contribution in [0.1, 0.15) is 41.8 Å². The molecule has 3 aromatic rings. The van der Waals surface area contributed by atoms with Crippen LogP contribution in [-0.4, -0.2) is 42.7 Å². The Kier molecular flexibility index (Phi) is 6.36. The van der Waals surface area contributed by atoms with Crippen molar-refractivity contribution in [2.75, 3.05) is 19.6 Å². The van der Waals surface area contributed by atoms with Crippen LogP contribution in [-0.2, 0) is 29.4 Å². The fourth-order valence-corrected chi connectivity index (χ4v) is 6.24. The van der Waals surface area contributed by atoms with E-state index >= 15 is 0 Å². The molecule has 1 atom stereocenters. The number of hydrogen-bond donors (Lipinski definition) is 1. The molecule has 0 amide bonds. The quantitative estimate of drug-likeness (QED) is 0.577. The first-order valence-electron chi connectivity index (χ1n) is 11.9. The summed E-state index contributed by atoms with van der Waals surface area (Å²) >= 11 is 0. The van der Waals surface area contributed by atoms with Crippen molar-refractivity contribution in [3.8, 4) is 5.69 Å². The molecule has 1 aliphatic carbocycles. The first-order valence-corrected chi connectivity index (χ1v) is 13.4. The zero-order valence-corrected chi connectivity index (χ0v) is 20.0. The third-order valence-electron chi connectivity index (χ3n) is 6.88. The second kappa shape index (κ2) is 9.41. The van der Waals surface area contributed by atoms with Crippen molar-refractivity contribution in [2.24, 2.45) is 5.92 Å². The van der Waals surface area contributed by atoms with Gasteiger partial charge in [-0.2, -0.15) is 5.10 Å². The molecule has 0 bridgehead atoms. The van der Waals surface area contributed by atoms with E-state index in [0.717, 1.165) is 56.6 Å². The number of piperidine rings is 1. The molecule has 1 aliphatic heterocycles. The smallest absolute Gasteiger partial charge is 0.240 e. The van der Waals surface area contributed by atoms with E-state index in [1.807, 2.05) is 25.1 Å². The molecule has 7 heteroatoms. The van der Waals surface area contributed by atoms with Crippen LogP contribution in [0.2, 0.25) is 0 Å². The number of aromatic nitrogens is 2. The van der Waals surface area contributed by atoms with E-state index in [1.165, 1.54) is 23.4 Å². The maximum Gasteiger partial charge on any atom is 0.240 e. The summed E-state index contributed by atoms with van der Waals surface area (Å²) in [6.45, 7) is 5.20. The van der Waals surface area contributed by atoms with Gasteiger partial charge >= 0.3 is 0 Å². The van der Waals surface area contributed by atoms with Crippen molar-refractivity contribution in [3.05, 3.63) is 77.1 Å². The van der Waals surface area contributed by atoms with Gasteiger partial charge in [0.05, 0.1) is 16.3 Å². The maximum absolute atomic E-state index is 12.7. The highest BCUT2D eigenvalue weighted by atomic mass is 32.2. The zero-order valence-electron chi connectivity index (χ0n) is 19.2. The lowest BCUT2D eigenvalue weighted by molar-refractivity contribution is 0.166. The van der Waals surface area contributed by atoms with Crippen LogP contribution in [0.3, 0.4) is 0 Å². The molecule has 6 nitrogen and oxygen atoms in total. The molecule has 5 rings (SSSR count). The van der Waals surface area contributed by atoms with Gasteiger partial charge in [0, 0.05) is 25.3 Å². The topological polar surface area (TPSA) is 67.2 Å². The molecular formula is C26H32N4O2S. The van der Waals surface area contributed by atoms with Gasteiger partial charge in [0.15, 0.2) is 0 Å². The number of fused-ring (bicyclic) bond motifs is 1. The minimum Gasteiger partial charge on any atom is -0.297 e. The van der Waals surface area contributed by atoms with E-state index in [4.69, 9.17) is 5.10 Å². The Hall–Kier alpha value is -2.48. The lowest BCUT2D eigenvalue weighted by Gasteiger charge is -2.32. The summed E-state index contributed by atoms with van der Waals surface area (Å²) in [5.41, 5.74) is 6.14. The van der Waals surface area contributed by atoms with Crippen LogP contribution in [0, 0.1) is 12.8 Å². The highest BCUT2D eigenvalue weighted by Gasteiger charge is 2.27. The summed E-state index contributed by atoms with van der Waals surface area (Å²) in [4.78, 5) is 2.78. The second-order valence-electron chi connectivity index (χ2n) is 9.38. The predicted octanol–water partition coefficient (Wildman–Crippen LogP) is 3.86. The molecule has 0 radical (unpaired) electrons. The Morgan fingerprint density at radius 2 is 1.82 bits per heavy atom. The third-order valence-corrected chi connectivity index (χ3v) is 8.32. The van der Waals surface area contributed by atoms with E-state index in [-0.39, 0.29) is 0 Å². The molecule has 2 aromatic carbocycles. The van der Waals surface area contributed by atoms with Crippen LogP contribution in [0.5, 0.6) is 0 Å². The number of para-hydroxylation sites is 1. The van der Waals surface area contributed by atoms with E-state index in [2.05, 4.69) is 38.6 Å². The lowest BCUT2D eigenvalue weighted by atomic mass is 9.98. The molecule has 2 heterocycles.